The number of hydrogen-bond acceptors (Lipinski definition) is 3. The summed E-state index contributed by atoms with van der Waals surface area (Å²) in [6.45, 7) is 2.54. The van der Waals surface area contributed by atoms with Crippen molar-refractivity contribution in [3.05, 3.63) is 58.1 Å². The van der Waals surface area contributed by atoms with E-state index in [-0.39, 0.29) is 6.10 Å². The van der Waals surface area contributed by atoms with Crippen LogP contribution < -0.4 is 9.47 Å². The van der Waals surface area contributed by atoms with Gasteiger partial charge in [-0.05, 0) is 42.3 Å². The molecule has 112 valence electrons. The standard InChI is InChI=1S/C17H19BrO3/c1-12(19-2)16-9-8-15(10-17(16)18)21-11-13-4-6-14(20-3)7-5-13/h4-10,12H,11H2,1-3H3/t12-/m0/s1. The lowest BCUT2D eigenvalue weighted by Crippen LogP contribution is -1.99. The van der Waals surface area contributed by atoms with Crippen LogP contribution in [0.25, 0.3) is 0 Å². The van der Waals surface area contributed by atoms with Crippen molar-refractivity contribution in [3.63, 3.8) is 0 Å². The van der Waals surface area contributed by atoms with E-state index in [1.165, 1.54) is 0 Å². The minimum atomic E-state index is 0.0509. The number of ether oxygens (including phenoxy) is 3. The Morgan fingerprint density at radius 3 is 2.24 bits per heavy atom. The number of hydrogen-bond donors (Lipinski definition) is 0. The average molecular weight is 351 g/mol. The smallest absolute Gasteiger partial charge is 0.120 e. The molecule has 0 aliphatic heterocycles. The lowest BCUT2D eigenvalue weighted by molar-refractivity contribution is 0.119. The molecular formula is C17H19BrO3. The zero-order chi connectivity index (χ0) is 15.2. The molecule has 1 atom stereocenters. The lowest BCUT2D eigenvalue weighted by Gasteiger charge is -2.14. The summed E-state index contributed by atoms with van der Waals surface area (Å²) < 4.78 is 17.3. The molecule has 0 unspecified atom stereocenters. The molecule has 0 heterocycles. The second kappa shape index (κ2) is 7.48. The van der Waals surface area contributed by atoms with Gasteiger partial charge in [0.05, 0.1) is 13.2 Å². The summed E-state index contributed by atoms with van der Waals surface area (Å²) in [5.74, 6) is 1.67. The van der Waals surface area contributed by atoms with Crippen LogP contribution in [0.3, 0.4) is 0 Å². The Bertz CT molecular complexity index is 581. The molecule has 0 spiro atoms. The maximum absolute atomic E-state index is 5.80. The summed E-state index contributed by atoms with van der Waals surface area (Å²) in [6.07, 6.45) is 0.0509. The van der Waals surface area contributed by atoms with Gasteiger partial charge < -0.3 is 14.2 Å². The fourth-order valence-electron chi connectivity index (χ4n) is 1.94. The van der Waals surface area contributed by atoms with Crippen LogP contribution in [0.2, 0.25) is 0 Å². The van der Waals surface area contributed by atoms with Crippen molar-refractivity contribution >= 4 is 15.9 Å². The highest BCUT2D eigenvalue weighted by molar-refractivity contribution is 9.10. The van der Waals surface area contributed by atoms with E-state index in [1.807, 2.05) is 49.4 Å². The Labute approximate surface area is 134 Å². The van der Waals surface area contributed by atoms with Crippen molar-refractivity contribution in [1.82, 2.24) is 0 Å². The first-order chi connectivity index (χ1) is 10.1. The zero-order valence-electron chi connectivity index (χ0n) is 12.4. The number of benzene rings is 2. The Hall–Kier alpha value is -1.52. The van der Waals surface area contributed by atoms with E-state index in [9.17, 15) is 0 Å². The van der Waals surface area contributed by atoms with Gasteiger partial charge in [0.25, 0.3) is 0 Å². The van der Waals surface area contributed by atoms with Crippen molar-refractivity contribution < 1.29 is 14.2 Å². The summed E-state index contributed by atoms with van der Waals surface area (Å²) in [7, 11) is 3.36. The molecular weight excluding hydrogens is 332 g/mol. The van der Waals surface area contributed by atoms with E-state index >= 15 is 0 Å². The molecule has 0 aliphatic carbocycles. The highest BCUT2D eigenvalue weighted by atomic mass is 79.9. The van der Waals surface area contributed by atoms with Crippen molar-refractivity contribution in [2.45, 2.75) is 19.6 Å². The van der Waals surface area contributed by atoms with Crippen LogP contribution in [-0.2, 0) is 11.3 Å². The molecule has 0 N–H and O–H groups in total. The highest BCUT2D eigenvalue weighted by Gasteiger charge is 2.09. The monoisotopic (exact) mass is 350 g/mol. The van der Waals surface area contributed by atoms with Gasteiger partial charge in [-0.15, -0.1) is 0 Å². The Balaban J connectivity index is 2.01. The van der Waals surface area contributed by atoms with Crippen molar-refractivity contribution in [2.24, 2.45) is 0 Å². The average Bonchev–Trinajstić information content (AvgIpc) is 2.52. The largest absolute Gasteiger partial charge is 0.497 e. The maximum Gasteiger partial charge on any atom is 0.120 e. The molecule has 0 bridgehead atoms. The van der Waals surface area contributed by atoms with Gasteiger partial charge >= 0.3 is 0 Å². The molecule has 0 saturated heterocycles. The third-order valence-corrected chi connectivity index (χ3v) is 4.01. The molecule has 0 aliphatic rings. The van der Waals surface area contributed by atoms with E-state index in [1.54, 1.807) is 14.2 Å². The molecule has 21 heavy (non-hydrogen) atoms. The third-order valence-electron chi connectivity index (χ3n) is 3.33. The van der Waals surface area contributed by atoms with E-state index in [0.717, 1.165) is 27.1 Å². The van der Waals surface area contributed by atoms with Crippen molar-refractivity contribution in [2.75, 3.05) is 14.2 Å². The van der Waals surface area contributed by atoms with Gasteiger partial charge in [0, 0.05) is 11.6 Å². The molecule has 2 aromatic carbocycles. The highest BCUT2D eigenvalue weighted by Crippen LogP contribution is 2.29. The fraction of sp³-hybridized carbons (Fsp3) is 0.294. The van der Waals surface area contributed by atoms with Crippen LogP contribution >= 0.6 is 15.9 Å². The predicted molar refractivity (Wildman–Crippen MR) is 86.9 cm³/mol. The molecule has 0 fully saturated rings. The lowest BCUT2D eigenvalue weighted by atomic mass is 10.1. The first-order valence-corrected chi connectivity index (χ1v) is 7.51. The molecule has 0 radical (unpaired) electrons. The topological polar surface area (TPSA) is 27.7 Å². The summed E-state index contributed by atoms with van der Waals surface area (Å²) in [4.78, 5) is 0. The Morgan fingerprint density at radius 2 is 1.67 bits per heavy atom. The van der Waals surface area contributed by atoms with Gasteiger partial charge in [0.2, 0.25) is 0 Å². The molecule has 2 aromatic rings. The molecule has 4 heteroatoms. The zero-order valence-corrected chi connectivity index (χ0v) is 14.0. The van der Waals surface area contributed by atoms with Crippen molar-refractivity contribution in [1.29, 1.82) is 0 Å². The minimum absolute atomic E-state index is 0.0509. The number of methoxy groups -OCH3 is 2. The molecule has 0 aromatic heterocycles. The summed E-state index contributed by atoms with van der Waals surface area (Å²) in [5, 5.41) is 0. The number of rotatable bonds is 6. The second-order valence-electron chi connectivity index (χ2n) is 4.70. The third kappa shape index (κ3) is 4.22. The normalized spacial score (nSPS) is 12.0. The molecule has 2 rings (SSSR count). The van der Waals surface area contributed by atoms with Crippen LogP contribution in [-0.4, -0.2) is 14.2 Å². The minimum Gasteiger partial charge on any atom is -0.497 e. The van der Waals surface area contributed by atoms with Crippen LogP contribution in [0.15, 0.2) is 46.9 Å². The molecule has 0 amide bonds. The van der Waals surface area contributed by atoms with Crippen LogP contribution in [0.1, 0.15) is 24.2 Å². The van der Waals surface area contributed by atoms with E-state index < -0.39 is 0 Å². The fourth-order valence-corrected chi connectivity index (χ4v) is 2.62. The van der Waals surface area contributed by atoms with Gasteiger partial charge in [0.1, 0.15) is 18.1 Å². The van der Waals surface area contributed by atoms with E-state index in [4.69, 9.17) is 14.2 Å². The Morgan fingerprint density at radius 1 is 1.00 bits per heavy atom. The summed E-state index contributed by atoms with van der Waals surface area (Å²) in [6, 6.07) is 13.8. The quantitative estimate of drug-likeness (QED) is 0.752. The van der Waals surface area contributed by atoms with Gasteiger partial charge in [-0.1, -0.05) is 34.1 Å². The van der Waals surface area contributed by atoms with Crippen LogP contribution in [0.5, 0.6) is 11.5 Å². The molecule has 0 saturated carbocycles. The summed E-state index contributed by atoms with van der Waals surface area (Å²) in [5.41, 5.74) is 2.20. The van der Waals surface area contributed by atoms with Gasteiger partial charge in [-0.2, -0.15) is 0 Å². The predicted octanol–water partition coefficient (Wildman–Crippen LogP) is 4.74. The van der Waals surface area contributed by atoms with Crippen molar-refractivity contribution in [3.8, 4) is 11.5 Å². The maximum atomic E-state index is 5.80. The van der Waals surface area contributed by atoms with E-state index in [2.05, 4.69) is 15.9 Å². The van der Waals surface area contributed by atoms with Gasteiger partial charge in [0.15, 0.2) is 0 Å². The van der Waals surface area contributed by atoms with Gasteiger partial charge in [-0.3, -0.25) is 0 Å². The van der Waals surface area contributed by atoms with E-state index in [0.29, 0.717) is 6.61 Å². The Kier molecular flexibility index (Phi) is 5.65. The summed E-state index contributed by atoms with van der Waals surface area (Å²) >= 11 is 3.56. The van der Waals surface area contributed by atoms with Crippen LogP contribution in [0, 0.1) is 0 Å². The first kappa shape index (κ1) is 15.9. The number of halogens is 1. The second-order valence-corrected chi connectivity index (χ2v) is 5.55. The first-order valence-electron chi connectivity index (χ1n) is 6.72. The SMILES string of the molecule is COc1ccc(COc2ccc([C@H](C)OC)c(Br)c2)cc1. The van der Waals surface area contributed by atoms with Crippen LogP contribution in [0.4, 0.5) is 0 Å². The van der Waals surface area contributed by atoms with Gasteiger partial charge in [-0.25, -0.2) is 0 Å². The molecule has 3 nitrogen and oxygen atoms in total.